The Balaban J connectivity index is 1.64. The van der Waals surface area contributed by atoms with Crippen molar-refractivity contribution in [3.63, 3.8) is 0 Å². The number of hydrogen-bond donors (Lipinski definition) is 0. The van der Waals surface area contributed by atoms with Crippen LogP contribution in [0, 0.1) is 5.82 Å². The third kappa shape index (κ3) is 2.81. The average Bonchev–Trinajstić information content (AvgIpc) is 3.32. The van der Waals surface area contributed by atoms with Crippen LogP contribution in [0.2, 0.25) is 0 Å². The molecule has 0 saturated heterocycles. The molecule has 1 atom stereocenters. The molecule has 130 valence electrons. The first-order chi connectivity index (χ1) is 12.6. The molecule has 3 heterocycles. The topological polar surface area (TPSA) is 74.3 Å². The number of pyridine rings is 1. The van der Waals surface area contributed by atoms with E-state index < -0.39 is 17.9 Å². The van der Waals surface area contributed by atoms with Gasteiger partial charge in [0.25, 0.3) is 0 Å². The number of carbonyl (C=O) groups excluding carboxylic acids is 1. The van der Waals surface area contributed by atoms with Crippen LogP contribution in [0.15, 0.2) is 61.3 Å². The molecule has 8 heteroatoms. The van der Waals surface area contributed by atoms with Gasteiger partial charge in [-0.2, -0.15) is 5.10 Å². The van der Waals surface area contributed by atoms with E-state index in [1.54, 1.807) is 60.2 Å². The highest BCUT2D eigenvalue weighted by atomic mass is 19.1. The first-order valence-corrected chi connectivity index (χ1v) is 7.92. The van der Waals surface area contributed by atoms with Gasteiger partial charge in [0.1, 0.15) is 18.2 Å². The van der Waals surface area contributed by atoms with Gasteiger partial charge in [0.2, 0.25) is 0 Å². The second-order valence-electron chi connectivity index (χ2n) is 5.68. The minimum absolute atomic E-state index is 0.259. The lowest BCUT2D eigenvalue weighted by Crippen LogP contribution is -2.14. The van der Waals surface area contributed by atoms with Crippen molar-refractivity contribution in [2.24, 2.45) is 0 Å². The maximum absolute atomic E-state index is 14.5. The minimum Gasteiger partial charge on any atom is -0.454 e. The molecule has 0 bridgehead atoms. The molecular formula is C18H14FN5O2. The summed E-state index contributed by atoms with van der Waals surface area (Å²) in [4.78, 5) is 12.5. The van der Waals surface area contributed by atoms with Crippen molar-refractivity contribution in [3.05, 3.63) is 78.3 Å². The number of rotatable bonds is 4. The number of benzene rings is 1. The molecule has 0 N–H and O–H groups in total. The third-order valence-corrected chi connectivity index (χ3v) is 4.00. The lowest BCUT2D eigenvalue weighted by molar-refractivity contribution is 0.0330. The lowest BCUT2D eigenvalue weighted by Gasteiger charge is -2.18. The Bertz CT molecular complexity index is 1070. The van der Waals surface area contributed by atoms with Crippen LogP contribution in [-0.2, 0) is 4.74 Å². The Labute approximate surface area is 147 Å². The second kappa shape index (κ2) is 6.40. The Morgan fingerprint density at radius 3 is 2.92 bits per heavy atom. The zero-order valence-electron chi connectivity index (χ0n) is 13.8. The summed E-state index contributed by atoms with van der Waals surface area (Å²) in [5.74, 6) is -1.03. The molecule has 0 aliphatic heterocycles. The zero-order valence-corrected chi connectivity index (χ0v) is 13.8. The normalized spacial score (nSPS) is 12.2. The molecule has 0 amide bonds. The van der Waals surface area contributed by atoms with Crippen LogP contribution >= 0.6 is 0 Å². The summed E-state index contributed by atoms with van der Waals surface area (Å²) in [5, 5.41) is 11.8. The Morgan fingerprint density at radius 1 is 1.23 bits per heavy atom. The molecular weight excluding hydrogens is 337 g/mol. The van der Waals surface area contributed by atoms with Gasteiger partial charge in [-0.25, -0.2) is 13.9 Å². The van der Waals surface area contributed by atoms with Crippen molar-refractivity contribution < 1.29 is 13.9 Å². The smallest absolute Gasteiger partial charge is 0.340 e. The molecule has 0 unspecified atom stereocenters. The van der Waals surface area contributed by atoms with E-state index in [-0.39, 0.29) is 5.56 Å². The van der Waals surface area contributed by atoms with Crippen LogP contribution in [0.5, 0.6) is 0 Å². The Kier molecular flexibility index (Phi) is 3.92. The fourth-order valence-electron chi connectivity index (χ4n) is 2.77. The van der Waals surface area contributed by atoms with Gasteiger partial charge in [-0.05, 0) is 37.3 Å². The molecule has 3 aromatic heterocycles. The predicted molar refractivity (Wildman–Crippen MR) is 90.3 cm³/mol. The molecule has 0 aliphatic rings. The molecule has 0 radical (unpaired) electrons. The third-order valence-electron chi connectivity index (χ3n) is 4.00. The van der Waals surface area contributed by atoms with Gasteiger partial charge < -0.3 is 4.74 Å². The van der Waals surface area contributed by atoms with Crippen LogP contribution in [0.25, 0.3) is 11.3 Å². The summed E-state index contributed by atoms with van der Waals surface area (Å²) < 4.78 is 23.1. The molecule has 26 heavy (non-hydrogen) atoms. The summed E-state index contributed by atoms with van der Waals surface area (Å²) in [7, 11) is 0. The van der Waals surface area contributed by atoms with Crippen LogP contribution in [0.3, 0.4) is 0 Å². The molecule has 1 aromatic carbocycles. The fourth-order valence-corrected chi connectivity index (χ4v) is 2.77. The summed E-state index contributed by atoms with van der Waals surface area (Å²) in [6.45, 7) is 1.63. The van der Waals surface area contributed by atoms with Gasteiger partial charge in [-0.15, -0.1) is 10.2 Å². The van der Waals surface area contributed by atoms with Crippen molar-refractivity contribution in [2.45, 2.75) is 13.0 Å². The molecule has 0 aliphatic carbocycles. The SMILES string of the molecule is C[C@H](OC(=O)c1ccc2nncn2c1)c1c(F)cccc1-n1cccn1. The first-order valence-electron chi connectivity index (χ1n) is 7.92. The molecule has 7 nitrogen and oxygen atoms in total. The van der Waals surface area contributed by atoms with Crippen molar-refractivity contribution in [2.75, 3.05) is 0 Å². The van der Waals surface area contributed by atoms with Crippen molar-refractivity contribution in [1.29, 1.82) is 0 Å². The van der Waals surface area contributed by atoms with Gasteiger partial charge in [0.15, 0.2) is 5.65 Å². The van der Waals surface area contributed by atoms with E-state index in [0.29, 0.717) is 16.9 Å². The van der Waals surface area contributed by atoms with Gasteiger partial charge in [-0.1, -0.05) is 6.07 Å². The highest BCUT2D eigenvalue weighted by molar-refractivity contribution is 5.89. The summed E-state index contributed by atoms with van der Waals surface area (Å²) >= 11 is 0. The highest BCUT2D eigenvalue weighted by Gasteiger charge is 2.21. The first kappa shape index (κ1) is 15.9. The number of aromatic nitrogens is 5. The standard InChI is InChI=1S/C18H14FN5O2/c1-12(17-14(19)4-2-5-15(17)24-9-3-8-21-24)26-18(25)13-6-7-16-22-20-11-23(16)10-13/h2-12H,1H3/t12-/m0/s1. The number of fused-ring (bicyclic) bond motifs is 1. The van der Waals surface area contributed by atoms with E-state index in [1.807, 2.05) is 0 Å². The number of nitrogens with zero attached hydrogens (tertiary/aromatic N) is 5. The molecule has 0 spiro atoms. The summed E-state index contributed by atoms with van der Waals surface area (Å²) in [5.41, 5.74) is 1.71. The Hall–Kier alpha value is -3.55. The van der Waals surface area contributed by atoms with Crippen LogP contribution in [0.1, 0.15) is 28.9 Å². The lowest BCUT2D eigenvalue weighted by atomic mass is 10.1. The minimum atomic E-state index is -0.806. The van der Waals surface area contributed by atoms with Gasteiger partial charge in [0, 0.05) is 18.6 Å². The van der Waals surface area contributed by atoms with E-state index in [1.165, 1.54) is 17.1 Å². The van der Waals surface area contributed by atoms with Gasteiger partial charge >= 0.3 is 5.97 Å². The Morgan fingerprint density at radius 2 is 2.12 bits per heavy atom. The molecule has 4 aromatic rings. The van der Waals surface area contributed by atoms with Crippen molar-refractivity contribution >= 4 is 11.6 Å². The number of halogens is 1. The summed E-state index contributed by atoms with van der Waals surface area (Å²) in [6, 6.07) is 9.63. The number of esters is 1. The van der Waals surface area contributed by atoms with E-state index in [0.717, 1.165) is 0 Å². The number of hydrogen-bond acceptors (Lipinski definition) is 5. The van der Waals surface area contributed by atoms with Crippen molar-refractivity contribution in [1.82, 2.24) is 24.4 Å². The van der Waals surface area contributed by atoms with E-state index in [4.69, 9.17) is 4.74 Å². The highest BCUT2D eigenvalue weighted by Crippen LogP contribution is 2.27. The van der Waals surface area contributed by atoms with E-state index in [2.05, 4.69) is 15.3 Å². The van der Waals surface area contributed by atoms with E-state index in [9.17, 15) is 9.18 Å². The van der Waals surface area contributed by atoms with E-state index >= 15 is 0 Å². The molecule has 4 rings (SSSR count). The van der Waals surface area contributed by atoms with Crippen LogP contribution < -0.4 is 0 Å². The molecule has 0 fully saturated rings. The largest absolute Gasteiger partial charge is 0.454 e. The van der Waals surface area contributed by atoms with Crippen LogP contribution in [0.4, 0.5) is 4.39 Å². The monoisotopic (exact) mass is 351 g/mol. The number of ether oxygens (including phenoxy) is 1. The summed E-state index contributed by atoms with van der Waals surface area (Å²) in [6.07, 6.45) is 5.55. The second-order valence-corrected chi connectivity index (χ2v) is 5.68. The number of carbonyl (C=O) groups is 1. The van der Waals surface area contributed by atoms with Gasteiger partial charge in [0.05, 0.1) is 16.8 Å². The predicted octanol–water partition coefficient (Wildman–Crippen LogP) is 2.97. The maximum atomic E-state index is 14.5. The quantitative estimate of drug-likeness (QED) is 0.529. The van der Waals surface area contributed by atoms with Crippen molar-refractivity contribution in [3.8, 4) is 5.69 Å². The average molecular weight is 351 g/mol. The zero-order chi connectivity index (χ0) is 18.1. The fraction of sp³-hybridized carbons (Fsp3) is 0.111. The van der Waals surface area contributed by atoms with Crippen LogP contribution in [-0.4, -0.2) is 30.3 Å². The maximum Gasteiger partial charge on any atom is 0.340 e. The molecule has 0 saturated carbocycles. The van der Waals surface area contributed by atoms with Gasteiger partial charge in [-0.3, -0.25) is 4.40 Å².